The SMILES string of the molecule is CCN(CC)C(=O)c1ccc(N2CCN(C(=O)c3cc(-n4cc(-c5cccc(O)c5)cn4)cc(C(F)(F)F)c3)CC2)nn1. The molecule has 10 nitrogen and oxygen atoms in total. The van der Waals surface area contributed by atoms with E-state index >= 15 is 0 Å². The van der Waals surface area contributed by atoms with Crippen LogP contribution >= 0.6 is 0 Å². The average Bonchev–Trinajstić information content (AvgIpc) is 3.52. The van der Waals surface area contributed by atoms with E-state index in [4.69, 9.17) is 0 Å². The van der Waals surface area contributed by atoms with Crippen LogP contribution in [0, 0.1) is 0 Å². The highest BCUT2D eigenvalue weighted by Crippen LogP contribution is 2.33. The number of carbonyl (C=O) groups excluding carboxylic acids is 2. The zero-order chi connectivity index (χ0) is 30.7. The summed E-state index contributed by atoms with van der Waals surface area (Å²) in [4.78, 5) is 31.0. The first kappa shape index (κ1) is 29.5. The van der Waals surface area contributed by atoms with Gasteiger partial charge in [0.15, 0.2) is 11.5 Å². The molecule has 1 aliphatic heterocycles. The van der Waals surface area contributed by atoms with Gasteiger partial charge in [-0.15, -0.1) is 10.2 Å². The smallest absolute Gasteiger partial charge is 0.416 e. The number of hydrogen-bond acceptors (Lipinski definition) is 7. The van der Waals surface area contributed by atoms with Gasteiger partial charge in [0.25, 0.3) is 11.8 Å². The number of rotatable bonds is 7. The van der Waals surface area contributed by atoms with Gasteiger partial charge in [0, 0.05) is 56.6 Å². The Hall–Kier alpha value is -4.94. The maximum atomic E-state index is 13.9. The summed E-state index contributed by atoms with van der Waals surface area (Å²) >= 11 is 0. The van der Waals surface area contributed by atoms with Gasteiger partial charge in [0.1, 0.15) is 5.75 Å². The van der Waals surface area contributed by atoms with E-state index in [2.05, 4.69) is 15.3 Å². The monoisotopic (exact) mass is 593 g/mol. The van der Waals surface area contributed by atoms with Crippen LogP contribution in [0.4, 0.5) is 19.0 Å². The van der Waals surface area contributed by atoms with Crippen molar-refractivity contribution in [3.05, 3.63) is 83.8 Å². The van der Waals surface area contributed by atoms with Crippen LogP contribution in [-0.4, -0.2) is 86.0 Å². The first-order chi connectivity index (χ1) is 20.6. The Labute approximate surface area is 246 Å². The van der Waals surface area contributed by atoms with Crippen LogP contribution in [-0.2, 0) is 6.18 Å². The summed E-state index contributed by atoms with van der Waals surface area (Å²) in [6.07, 6.45) is -1.66. The van der Waals surface area contributed by atoms with Crippen molar-refractivity contribution in [1.29, 1.82) is 0 Å². The molecule has 224 valence electrons. The van der Waals surface area contributed by atoms with E-state index < -0.39 is 17.6 Å². The second kappa shape index (κ2) is 12.1. The molecule has 0 spiro atoms. The highest BCUT2D eigenvalue weighted by molar-refractivity contribution is 5.95. The fourth-order valence-corrected chi connectivity index (χ4v) is 4.93. The number of nitrogens with zero attached hydrogens (tertiary/aromatic N) is 7. The standard InChI is InChI=1S/C30H30F3N7O3/c1-3-37(4-2)29(43)26-8-9-27(36-35-26)38-10-12-39(13-11-38)28(42)21-14-23(30(31,32)33)17-24(15-21)40-19-22(18-34-40)20-6-5-7-25(41)16-20/h5-9,14-19,41H,3-4,10-13H2,1-2H3. The minimum atomic E-state index is -4.68. The molecule has 1 aliphatic rings. The average molecular weight is 594 g/mol. The summed E-state index contributed by atoms with van der Waals surface area (Å²) in [7, 11) is 0. The lowest BCUT2D eigenvalue weighted by molar-refractivity contribution is -0.137. The van der Waals surface area contributed by atoms with Gasteiger partial charge in [0.05, 0.1) is 17.4 Å². The molecule has 0 bridgehead atoms. The molecule has 0 atom stereocenters. The number of hydrogen-bond donors (Lipinski definition) is 1. The third-order valence-electron chi connectivity index (χ3n) is 7.33. The van der Waals surface area contributed by atoms with E-state index in [-0.39, 0.29) is 41.7 Å². The number of phenols is 1. The van der Waals surface area contributed by atoms with Crippen molar-refractivity contribution in [3.8, 4) is 22.6 Å². The zero-order valence-electron chi connectivity index (χ0n) is 23.6. The molecule has 0 saturated carbocycles. The maximum Gasteiger partial charge on any atom is 0.416 e. The van der Waals surface area contributed by atoms with Gasteiger partial charge in [-0.2, -0.15) is 18.3 Å². The van der Waals surface area contributed by atoms with Crippen LogP contribution in [0.1, 0.15) is 40.3 Å². The van der Waals surface area contributed by atoms with Gasteiger partial charge in [0.2, 0.25) is 0 Å². The van der Waals surface area contributed by atoms with Crippen molar-refractivity contribution in [3.63, 3.8) is 0 Å². The predicted octanol–water partition coefficient (Wildman–Crippen LogP) is 4.50. The second-order valence-electron chi connectivity index (χ2n) is 10.0. The summed E-state index contributed by atoms with van der Waals surface area (Å²) in [6.45, 7) is 6.19. The number of alkyl halides is 3. The van der Waals surface area contributed by atoms with E-state index in [1.807, 2.05) is 18.7 Å². The predicted molar refractivity (Wildman–Crippen MR) is 153 cm³/mol. The Morgan fingerprint density at radius 2 is 1.67 bits per heavy atom. The summed E-state index contributed by atoms with van der Waals surface area (Å²) in [6, 6.07) is 12.9. The molecule has 1 fully saturated rings. The summed E-state index contributed by atoms with van der Waals surface area (Å²) < 4.78 is 42.9. The number of carbonyl (C=O) groups is 2. The van der Waals surface area contributed by atoms with Crippen molar-refractivity contribution in [2.24, 2.45) is 0 Å². The highest BCUT2D eigenvalue weighted by atomic mass is 19.4. The maximum absolute atomic E-state index is 13.9. The molecule has 13 heteroatoms. The largest absolute Gasteiger partial charge is 0.508 e. The number of anilines is 1. The van der Waals surface area contributed by atoms with E-state index in [9.17, 15) is 27.9 Å². The molecule has 5 rings (SSSR count). The van der Waals surface area contributed by atoms with Crippen molar-refractivity contribution in [2.45, 2.75) is 20.0 Å². The normalized spacial score (nSPS) is 13.7. The molecule has 1 saturated heterocycles. The molecule has 2 aromatic carbocycles. The first-order valence-electron chi connectivity index (χ1n) is 13.8. The fraction of sp³-hybridized carbons (Fsp3) is 0.300. The summed E-state index contributed by atoms with van der Waals surface area (Å²) in [5, 5.41) is 22.3. The third-order valence-corrected chi connectivity index (χ3v) is 7.33. The van der Waals surface area contributed by atoms with Crippen molar-refractivity contribution >= 4 is 17.6 Å². The van der Waals surface area contributed by atoms with Crippen LogP contribution < -0.4 is 4.90 Å². The Balaban J connectivity index is 1.32. The van der Waals surface area contributed by atoms with Crippen LogP contribution in [0.25, 0.3) is 16.8 Å². The Morgan fingerprint density at radius 3 is 2.30 bits per heavy atom. The van der Waals surface area contributed by atoms with E-state index in [1.165, 1.54) is 34.0 Å². The lowest BCUT2D eigenvalue weighted by Crippen LogP contribution is -2.49. The van der Waals surface area contributed by atoms with Crippen LogP contribution in [0.2, 0.25) is 0 Å². The Kier molecular flexibility index (Phi) is 8.33. The molecule has 0 unspecified atom stereocenters. The third kappa shape index (κ3) is 6.45. The molecular formula is C30H30F3N7O3. The summed E-state index contributed by atoms with van der Waals surface area (Å²) in [5.74, 6) is -0.137. The minimum absolute atomic E-state index is 0.0479. The molecule has 0 aliphatic carbocycles. The Morgan fingerprint density at radius 1 is 0.930 bits per heavy atom. The first-order valence-corrected chi connectivity index (χ1v) is 13.8. The topological polar surface area (TPSA) is 108 Å². The zero-order valence-corrected chi connectivity index (χ0v) is 23.6. The molecular weight excluding hydrogens is 563 g/mol. The van der Waals surface area contributed by atoms with Gasteiger partial charge < -0.3 is 19.8 Å². The number of benzene rings is 2. The number of amides is 2. The number of phenolic OH excluding ortho intramolecular Hbond substituents is 1. The molecule has 1 N–H and O–H groups in total. The van der Waals surface area contributed by atoms with Crippen LogP contribution in [0.15, 0.2) is 67.0 Å². The minimum Gasteiger partial charge on any atom is -0.508 e. The highest BCUT2D eigenvalue weighted by Gasteiger charge is 2.33. The van der Waals surface area contributed by atoms with Gasteiger partial charge in [-0.25, -0.2) is 4.68 Å². The molecule has 0 radical (unpaired) electrons. The summed E-state index contributed by atoms with van der Waals surface area (Å²) in [5.41, 5.74) is 0.488. The lowest BCUT2D eigenvalue weighted by atomic mass is 10.1. The number of piperazine rings is 1. The molecule has 3 heterocycles. The fourth-order valence-electron chi connectivity index (χ4n) is 4.93. The molecule has 2 amide bonds. The van der Waals surface area contributed by atoms with Gasteiger partial charge in [-0.05, 0) is 61.9 Å². The van der Waals surface area contributed by atoms with E-state index in [1.54, 1.807) is 35.4 Å². The number of aromatic hydroxyl groups is 1. The second-order valence-corrected chi connectivity index (χ2v) is 10.0. The Bertz CT molecular complexity index is 1610. The molecule has 4 aromatic rings. The molecule has 2 aromatic heterocycles. The quantitative estimate of drug-likeness (QED) is 0.336. The van der Waals surface area contributed by atoms with Crippen molar-refractivity contribution in [2.75, 3.05) is 44.2 Å². The van der Waals surface area contributed by atoms with Crippen LogP contribution in [0.5, 0.6) is 5.75 Å². The van der Waals surface area contributed by atoms with Gasteiger partial charge >= 0.3 is 6.18 Å². The van der Waals surface area contributed by atoms with Crippen LogP contribution in [0.3, 0.4) is 0 Å². The van der Waals surface area contributed by atoms with Gasteiger partial charge in [-0.3, -0.25) is 9.59 Å². The number of aromatic nitrogens is 4. The molecule has 43 heavy (non-hydrogen) atoms. The van der Waals surface area contributed by atoms with Gasteiger partial charge in [-0.1, -0.05) is 12.1 Å². The van der Waals surface area contributed by atoms with E-state index in [0.29, 0.717) is 43.1 Å². The van der Waals surface area contributed by atoms with Crippen molar-refractivity contribution in [1.82, 2.24) is 29.8 Å². The number of halogens is 3. The lowest BCUT2D eigenvalue weighted by Gasteiger charge is -2.35. The van der Waals surface area contributed by atoms with Crippen molar-refractivity contribution < 1.29 is 27.9 Å². The van der Waals surface area contributed by atoms with E-state index in [0.717, 1.165) is 12.1 Å².